The Hall–Kier alpha value is -4.61. The van der Waals surface area contributed by atoms with Crippen molar-refractivity contribution in [2.24, 2.45) is 0 Å². The van der Waals surface area contributed by atoms with Crippen LogP contribution in [0.15, 0.2) is 42.1 Å². The monoisotopic (exact) mass is 459 g/mol. The number of nitrogens with one attached hydrogen (secondary N) is 2. The number of hydrogen-bond acceptors (Lipinski definition) is 8. The summed E-state index contributed by atoms with van der Waals surface area (Å²) in [5.41, 5.74) is -0.296. The van der Waals surface area contributed by atoms with Gasteiger partial charge in [0.25, 0.3) is 17.5 Å². The molecule has 174 valence electrons. The van der Waals surface area contributed by atoms with Crippen LogP contribution < -0.4 is 24.8 Å². The molecule has 0 radical (unpaired) electrons. The highest BCUT2D eigenvalue weighted by molar-refractivity contribution is 6.06. The highest BCUT2D eigenvalue weighted by Crippen LogP contribution is 2.38. The smallest absolute Gasteiger partial charge is 0.322 e. The van der Waals surface area contributed by atoms with Crippen LogP contribution in [0.25, 0.3) is 6.08 Å². The second-order valence-corrected chi connectivity index (χ2v) is 6.35. The van der Waals surface area contributed by atoms with Gasteiger partial charge in [0.05, 0.1) is 26.3 Å². The number of amides is 2. The second-order valence-electron chi connectivity index (χ2n) is 6.35. The van der Waals surface area contributed by atoms with Gasteiger partial charge < -0.3 is 30.0 Å². The van der Waals surface area contributed by atoms with Crippen molar-refractivity contribution < 1.29 is 38.6 Å². The van der Waals surface area contributed by atoms with E-state index in [2.05, 4.69) is 10.6 Å². The Kier molecular flexibility index (Phi) is 8.32. The molecule has 0 aliphatic heterocycles. The van der Waals surface area contributed by atoms with Crippen molar-refractivity contribution in [3.8, 4) is 17.2 Å². The van der Waals surface area contributed by atoms with Crippen molar-refractivity contribution >= 4 is 29.5 Å². The van der Waals surface area contributed by atoms with Crippen molar-refractivity contribution in [1.82, 2.24) is 10.6 Å². The topological polar surface area (TPSA) is 166 Å². The summed E-state index contributed by atoms with van der Waals surface area (Å²) < 4.78 is 15.6. The quantitative estimate of drug-likeness (QED) is 0.272. The Morgan fingerprint density at radius 3 is 2.21 bits per heavy atom. The zero-order chi connectivity index (χ0) is 24.5. The van der Waals surface area contributed by atoms with Gasteiger partial charge in [-0.15, -0.1) is 0 Å². The van der Waals surface area contributed by atoms with Crippen molar-refractivity contribution in [3.05, 3.63) is 63.3 Å². The van der Waals surface area contributed by atoms with E-state index in [0.717, 1.165) is 0 Å². The Labute approximate surface area is 187 Å². The number of ether oxygens (including phenoxy) is 3. The zero-order valence-electron chi connectivity index (χ0n) is 17.9. The fourth-order valence-electron chi connectivity index (χ4n) is 2.71. The van der Waals surface area contributed by atoms with Gasteiger partial charge >= 0.3 is 5.97 Å². The summed E-state index contributed by atoms with van der Waals surface area (Å²) in [6, 6.07) is 8.04. The summed E-state index contributed by atoms with van der Waals surface area (Å²) >= 11 is 0. The molecule has 33 heavy (non-hydrogen) atoms. The molecule has 0 fully saturated rings. The number of non-ortho nitro benzene ring substituents is 1. The van der Waals surface area contributed by atoms with Gasteiger partial charge in [0.1, 0.15) is 12.2 Å². The predicted octanol–water partition coefficient (Wildman–Crippen LogP) is 1.59. The minimum absolute atomic E-state index is 0.0421. The van der Waals surface area contributed by atoms with E-state index in [1.807, 2.05) is 0 Å². The molecule has 2 amide bonds. The third kappa shape index (κ3) is 6.43. The lowest BCUT2D eigenvalue weighted by Gasteiger charge is -2.15. The lowest BCUT2D eigenvalue weighted by atomic mass is 10.1. The van der Waals surface area contributed by atoms with Gasteiger partial charge in [-0.3, -0.25) is 24.5 Å². The lowest BCUT2D eigenvalue weighted by Crippen LogP contribution is -2.37. The van der Waals surface area contributed by atoms with Crippen molar-refractivity contribution in [2.45, 2.75) is 0 Å². The third-order valence-corrected chi connectivity index (χ3v) is 4.21. The number of carboxylic acid groups (broad SMARTS) is 1. The molecule has 0 saturated carbocycles. The minimum atomic E-state index is -1.30. The van der Waals surface area contributed by atoms with Crippen LogP contribution in [0.2, 0.25) is 0 Å². The molecule has 12 heteroatoms. The van der Waals surface area contributed by atoms with Crippen molar-refractivity contribution in [2.75, 3.05) is 27.9 Å². The minimum Gasteiger partial charge on any atom is -0.493 e. The Morgan fingerprint density at radius 2 is 1.70 bits per heavy atom. The Balaban J connectivity index is 2.45. The number of carbonyl (C=O) groups is 3. The highest BCUT2D eigenvalue weighted by Gasteiger charge is 2.20. The van der Waals surface area contributed by atoms with Crippen LogP contribution in [0, 0.1) is 10.1 Å². The van der Waals surface area contributed by atoms with E-state index in [1.165, 1.54) is 63.8 Å². The maximum Gasteiger partial charge on any atom is 0.322 e. The molecule has 0 aromatic heterocycles. The van der Waals surface area contributed by atoms with Gasteiger partial charge in [-0.05, 0) is 23.8 Å². The summed E-state index contributed by atoms with van der Waals surface area (Å²) in [7, 11) is 4.13. The molecule has 2 rings (SSSR count). The zero-order valence-corrected chi connectivity index (χ0v) is 17.9. The van der Waals surface area contributed by atoms with E-state index in [0.29, 0.717) is 0 Å². The van der Waals surface area contributed by atoms with E-state index in [9.17, 15) is 24.5 Å². The van der Waals surface area contributed by atoms with Crippen LogP contribution in [0.4, 0.5) is 5.69 Å². The third-order valence-electron chi connectivity index (χ3n) is 4.21. The van der Waals surface area contributed by atoms with E-state index < -0.39 is 29.3 Å². The second kappa shape index (κ2) is 11.1. The van der Waals surface area contributed by atoms with Crippen LogP contribution in [0.3, 0.4) is 0 Å². The van der Waals surface area contributed by atoms with Crippen LogP contribution in [0.5, 0.6) is 17.2 Å². The van der Waals surface area contributed by atoms with Crippen LogP contribution in [-0.2, 0) is 9.59 Å². The first-order valence-corrected chi connectivity index (χ1v) is 9.27. The molecule has 0 saturated heterocycles. The molecule has 0 aliphatic rings. The molecular weight excluding hydrogens is 438 g/mol. The van der Waals surface area contributed by atoms with Crippen LogP contribution in [-0.4, -0.2) is 55.7 Å². The van der Waals surface area contributed by atoms with E-state index in [4.69, 9.17) is 19.3 Å². The summed E-state index contributed by atoms with van der Waals surface area (Å²) in [6.07, 6.45) is 1.18. The number of nitro groups is 1. The normalized spacial score (nSPS) is 10.7. The largest absolute Gasteiger partial charge is 0.493 e. The lowest BCUT2D eigenvalue weighted by molar-refractivity contribution is -0.384. The fourth-order valence-corrected chi connectivity index (χ4v) is 2.71. The standard InChI is InChI=1S/C21H21N3O9/c1-31-16-9-13(10-17(32-2)19(16)33-3)20(27)23-15(21(28)22-11-18(25)26)8-12-5-4-6-14(7-12)24(29)30/h4-10H,11H2,1-3H3,(H,22,28)(H,23,27)(H,25,26). The molecule has 0 unspecified atom stereocenters. The van der Waals surface area contributed by atoms with Gasteiger partial charge in [0, 0.05) is 17.7 Å². The molecule has 0 aliphatic carbocycles. The average Bonchev–Trinajstić information content (AvgIpc) is 2.80. The molecule has 0 spiro atoms. The predicted molar refractivity (Wildman–Crippen MR) is 115 cm³/mol. The first-order valence-electron chi connectivity index (χ1n) is 9.27. The number of nitrogens with zero attached hydrogens (tertiary/aromatic N) is 1. The first-order chi connectivity index (χ1) is 15.7. The SMILES string of the molecule is COc1cc(C(=O)NC(=Cc2cccc([N+](=O)[O-])c2)C(=O)NCC(=O)O)cc(OC)c1OC. The summed E-state index contributed by atoms with van der Waals surface area (Å²) in [5.74, 6) is -2.32. The Morgan fingerprint density at radius 1 is 1.06 bits per heavy atom. The van der Waals surface area contributed by atoms with Gasteiger partial charge in [-0.1, -0.05) is 12.1 Å². The average molecular weight is 459 g/mol. The molecule has 3 N–H and O–H groups in total. The molecule has 0 heterocycles. The number of hydrogen-bond donors (Lipinski definition) is 3. The van der Waals surface area contributed by atoms with Gasteiger partial charge in [-0.25, -0.2) is 0 Å². The van der Waals surface area contributed by atoms with E-state index >= 15 is 0 Å². The maximum atomic E-state index is 12.9. The van der Waals surface area contributed by atoms with Crippen LogP contribution >= 0.6 is 0 Å². The number of carboxylic acids is 1. The maximum absolute atomic E-state index is 12.9. The number of nitro benzene ring substituents is 1. The number of methoxy groups -OCH3 is 3. The Bertz CT molecular complexity index is 1090. The molecule has 2 aromatic carbocycles. The van der Waals surface area contributed by atoms with Gasteiger partial charge in [-0.2, -0.15) is 0 Å². The summed E-state index contributed by atoms with van der Waals surface area (Å²) in [6.45, 7) is -0.703. The first kappa shape index (κ1) is 24.7. The number of benzene rings is 2. The molecular formula is C21H21N3O9. The molecule has 0 bridgehead atoms. The van der Waals surface area contributed by atoms with E-state index in [1.54, 1.807) is 0 Å². The fraction of sp³-hybridized carbons (Fsp3) is 0.190. The molecule has 12 nitrogen and oxygen atoms in total. The molecule has 2 aromatic rings. The van der Waals surface area contributed by atoms with Gasteiger partial charge in [0.2, 0.25) is 5.75 Å². The summed E-state index contributed by atoms with van der Waals surface area (Å²) in [5, 5.41) is 24.4. The number of carbonyl (C=O) groups excluding carboxylic acids is 2. The van der Waals surface area contributed by atoms with Crippen molar-refractivity contribution in [3.63, 3.8) is 0 Å². The van der Waals surface area contributed by atoms with Gasteiger partial charge in [0.15, 0.2) is 11.5 Å². The van der Waals surface area contributed by atoms with E-state index in [-0.39, 0.29) is 39.8 Å². The van der Waals surface area contributed by atoms with Crippen molar-refractivity contribution in [1.29, 1.82) is 0 Å². The van der Waals surface area contributed by atoms with Crippen LogP contribution in [0.1, 0.15) is 15.9 Å². The number of aliphatic carboxylic acids is 1. The molecule has 0 atom stereocenters. The highest BCUT2D eigenvalue weighted by atomic mass is 16.6. The summed E-state index contributed by atoms with van der Waals surface area (Å²) in [4.78, 5) is 46.6. The number of rotatable bonds is 10.